The second-order valence-corrected chi connectivity index (χ2v) is 4.03. The van der Waals surface area contributed by atoms with E-state index in [0.29, 0.717) is 5.95 Å². The Hall–Kier alpha value is -2.17. The van der Waals surface area contributed by atoms with E-state index in [0.717, 1.165) is 28.5 Å². The molecular formula is C13H17N3O2. The fourth-order valence-electron chi connectivity index (χ4n) is 1.85. The Balaban J connectivity index is 2.59. The average Bonchev–Trinajstić information content (AvgIpc) is 2.65. The highest BCUT2D eigenvalue weighted by Gasteiger charge is 2.15. The summed E-state index contributed by atoms with van der Waals surface area (Å²) in [5.74, 6) is 1.95. The van der Waals surface area contributed by atoms with E-state index in [9.17, 15) is 0 Å². The van der Waals surface area contributed by atoms with Gasteiger partial charge in [-0.1, -0.05) is 0 Å². The molecule has 0 bridgehead atoms. The minimum Gasteiger partial charge on any atom is -0.497 e. The molecule has 0 atom stereocenters. The van der Waals surface area contributed by atoms with Crippen LogP contribution in [0.2, 0.25) is 0 Å². The molecule has 0 fully saturated rings. The molecule has 2 aromatic rings. The van der Waals surface area contributed by atoms with Gasteiger partial charge in [-0.05, 0) is 19.1 Å². The molecule has 5 heteroatoms. The number of nitrogens with two attached hydrogens (primary N) is 1. The van der Waals surface area contributed by atoms with E-state index in [1.807, 2.05) is 36.7 Å². The van der Waals surface area contributed by atoms with Crippen molar-refractivity contribution in [1.82, 2.24) is 9.55 Å². The molecule has 1 heterocycles. The van der Waals surface area contributed by atoms with Crippen molar-refractivity contribution in [2.24, 2.45) is 7.05 Å². The van der Waals surface area contributed by atoms with Crippen LogP contribution in [0, 0.1) is 6.92 Å². The topological polar surface area (TPSA) is 62.3 Å². The number of hydrogen-bond acceptors (Lipinski definition) is 4. The van der Waals surface area contributed by atoms with Crippen LogP contribution in [-0.2, 0) is 7.05 Å². The summed E-state index contributed by atoms with van der Waals surface area (Å²) in [4.78, 5) is 4.36. The molecule has 2 N–H and O–H groups in total. The summed E-state index contributed by atoms with van der Waals surface area (Å²) in [5.41, 5.74) is 8.54. The zero-order valence-corrected chi connectivity index (χ0v) is 11.0. The van der Waals surface area contributed by atoms with E-state index < -0.39 is 0 Å². The summed E-state index contributed by atoms with van der Waals surface area (Å²) in [7, 11) is 5.13. The molecular weight excluding hydrogens is 230 g/mol. The van der Waals surface area contributed by atoms with Crippen LogP contribution >= 0.6 is 0 Å². The van der Waals surface area contributed by atoms with Crippen LogP contribution in [0.4, 0.5) is 5.95 Å². The minimum absolute atomic E-state index is 0.486. The Morgan fingerprint density at radius 3 is 2.44 bits per heavy atom. The van der Waals surface area contributed by atoms with Crippen LogP contribution in [0.25, 0.3) is 11.3 Å². The summed E-state index contributed by atoms with van der Waals surface area (Å²) in [6, 6.07) is 5.63. The molecule has 0 radical (unpaired) electrons. The van der Waals surface area contributed by atoms with E-state index in [1.165, 1.54) is 0 Å². The first-order valence-electron chi connectivity index (χ1n) is 5.59. The SMILES string of the molecule is COc1ccc(-c2nc(N)n(C)c2C)c(OC)c1. The van der Waals surface area contributed by atoms with Crippen LogP contribution in [0.5, 0.6) is 11.5 Å². The van der Waals surface area contributed by atoms with Gasteiger partial charge in [0.1, 0.15) is 11.5 Å². The van der Waals surface area contributed by atoms with Crippen molar-refractivity contribution < 1.29 is 9.47 Å². The Morgan fingerprint density at radius 1 is 1.22 bits per heavy atom. The first-order valence-corrected chi connectivity index (χ1v) is 5.59. The number of anilines is 1. The zero-order valence-electron chi connectivity index (χ0n) is 11.0. The summed E-state index contributed by atoms with van der Waals surface area (Å²) in [6.07, 6.45) is 0. The van der Waals surface area contributed by atoms with E-state index >= 15 is 0 Å². The van der Waals surface area contributed by atoms with Crippen LogP contribution in [0.3, 0.4) is 0 Å². The fourth-order valence-corrected chi connectivity index (χ4v) is 1.85. The number of ether oxygens (including phenoxy) is 2. The number of methoxy groups -OCH3 is 2. The average molecular weight is 247 g/mol. The minimum atomic E-state index is 0.486. The number of aromatic nitrogens is 2. The van der Waals surface area contributed by atoms with Crippen molar-refractivity contribution >= 4 is 5.95 Å². The lowest BCUT2D eigenvalue weighted by Crippen LogP contribution is -1.97. The third-order valence-electron chi connectivity index (χ3n) is 3.08. The Bertz CT molecular complexity index is 576. The van der Waals surface area contributed by atoms with E-state index in [4.69, 9.17) is 15.2 Å². The molecule has 0 aliphatic rings. The molecule has 1 aromatic carbocycles. The van der Waals surface area contributed by atoms with E-state index in [-0.39, 0.29) is 0 Å². The highest BCUT2D eigenvalue weighted by atomic mass is 16.5. The van der Waals surface area contributed by atoms with Gasteiger partial charge in [0, 0.05) is 24.4 Å². The summed E-state index contributed by atoms with van der Waals surface area (Å²) in [5, 5.41) is 0. The normalized spacial score (nSPS) is 10.4. The van der Waals surface area contributed by atoms with Gasteiger partial charge >= 0.3 is 0 Å². The molecule has 0 saturated heterocycles. The monoisotopic (exact) mass is 247 g/mol. The number of rotatable bonds is 3. The number of nitrogens with zero attached hydrogens (tertiary/aromatic N) is 2. The highest BCUT2D eigenvalue weighted by molar-refractivity contribution is 5.71. The molecule has 0 aliphatic carbocycles. The Kier molecular flexibility index (Phi) is 3.14. The lowest BCUT2D eigenvalue weighted by molar-refractivity contribution is 0.395. The molecule has 1 aromatic heterocycles. The molecule has 2 rings (SSSR count). The largest absolute Gasteiger partial charge is 0.497 e. The quantitative estimate of drug-likeness (QED) is 0.901. The predicted molar refractivity (Wildman–Crippen MR) is 70.9 cm³/mol. The maximum atomic E-state index is 5.81. The van der Waals surface area contributed by atoms with Gasteiger partial charge in [-0.2, -0.15) is 0 Å². The first-order chi connectivity index (χ1) is 8.58. The zero-order chi connectivity index (χ0) is 13.3. The molecule has 5 nitrogen and oxygen atoms in total. The standard InChI is InChI=1S/C13H17N3O2/c1-8-12(15-13(14)16(8)2)10-6-5-9(17-3)7-11(10)18-4/h5-7H,1-4H3,(H2,14,15). The van der Waals surface area contributed by atoms with E-state index in [1.54, 1.807) is 14.2 Å². The van der Waals surface area contributed by atoms with Crippen molar-refractivity contribution in [3.63, 3.8) is 0 Å². The van der Waals surface area contributed by atoms with Gasteiger partial charge in [-0.25, -0.2) is 4.98 Å². The second-order valence-electron chi connectivity index (χ2n) is 4.03. The second kappa shape index (κ2) is 4.60. The van der Waals surface area contributed by atoms with Crippen molar-refractivity contribution in [3.8, 4) is 22.8 Å². The van der Waals surface area contributed by atoms with Gasteiger partial charge in [0.15, 0.2) is 0 Å². The van der Waals surface area contributed by atoms with Crippen molar-refractivity contribution in [3.05, 3.63) is 23.9 Å². The molecule has 0 unspecified atom stereocenters. The van der Waals surface area contributed by atoms with Crippen molar-refractivity contribution in [2.75, 3.05) is 20.0 Å². The molecule has 0 spiro atoms. The smallest absolute Gasteiger partial charge is 0.200 e. The van der Waals surface area contributed by atoms with Crippen LogP contribution in [0.15, 0.2) is 18.2 Å². The summed E-state index contributed by atoms with van der Waals surface area (Å²) in [6.45, 7) is 1.97. The number of hydrogen-bond donors (Lipinski definition) is 1. The van der Waals surface area contributed by atoms with Gasteiger partial charge in [0.25, 0.3) is 0 Å². The van der Waals surface area contributed by atoms with Crippen molar-refractivity contribution in [2.45, 2.75) is 6.92 Å². The van der Waals surface area contributed by atoms with Crippen LogP contribution in [0.1, 0.15) is 5.69 Å². The third kappa shape index (κ3) is 1.88. The number of imidazole rings is 1. The third-order valence-corrected chi connectivity index (χ3v) is 3.08. The summed E-state index contributed by atoms with van der Waals surface area (Å²) < 4.78 is 12.4. The van der Waals surface area contributed by atoms with Crippen LogP contribution < -0.4 is 15.2 Å². The number of nitrogen functional groups attached to an aromatic ring is 1. The lowest BCUT2D eigenvalue weighted by Gasteiger charge is -2.09. The molecule has 96 valence electrons. The Morgan fingerprint density at radius 2 is 1.94 bits per heavy atom. The summed E-state index contributed by atoms with van der Waals surface area (Å²) >= 11 is 0. The van der Waals surface area contributed by atoms with Crippen LogP contribution in [-0.4, -0.2) is 23.8 Å². The highest BCUT2D eigenvalue weighted by Crippen LogP contribution is 2.34. The predicted octanol–water partition coefficient (Wildman–Crippen LogP) is 1.99. The Labute approximate surface area is 106 Å². The maximum absolute atomic E-state index is 5.81. The fraction of sp³-hybridized carbons (Fsp3) is 0.308. The van der Waals surface area contributed by atoms with Gasteiger partial charge in [0.05, 0.1) is 19.9 Å². The van der Waals surface area contributed by atoms with Gasteiger partial charge in [-0.15, -0.1) is 0 Å². The first kappa shape index (κ1) is 12.3. The van der Waals surface area contributed by atoms with E-state index in [2.05, 4.69) is 4.98 Å². The molecule has 0 saturated carbocycles. The van der Waals surface area contributed by atoms with Crippen molar-refractivity contribution in [1.29, 1.82) is 0 Å². The lowest BCUT2D eigenvalue weighted by atomic mass is 10.1. The molecule has 0 amide bonds. The number of benzene rings is 1. The molecule has 0 aliphatic heterocycles. The molecule has 18 heavy (non-hydrogen) atoms. The maximum Gasteiger partial charge on any atom is 0.200 e. The van der Waals surface area contributed by atoms with Gasteiger partial charge in [-0.3, -0.25) is 0 Å². The van der Waals surface area contributed by atoms with Gasteiger partial charge < -0.3 is 19.8 Å². The van der Waals surface area contributed by atoms with Gasteiger partial charge in [0.2, 0.25) is 5.95 Å².